The van der Waals surface area contributed by atoms with Crippen molar-refractivity contribution < 1.29 is 4.74 Å². The Morgan fingerprint density at radius 3 is 2.46 bits per heavy atom. The van der Waals surface area contributed by atoms with Crippen molar-refractivity contribution in [1.82, 2.24) is 0 Å². The molecule has 2 aromatic rings. The molecule has 0 spiro atoms. The van der Waals surface area contributed by atoms with Gasteiger partial charge in [-0.05, 0) is 134 Å². The zero-order valence-corrected chi connectivity index (χ0v) is 27.3. The van der Waals surface area contributed by atoms with E-state index in [2.05, 4.69) is 82.4 Å². The molecule has 0 unspecified atom stereocenters. The summed E-state index contributed by atoms with van der Waals surface area (Å²) in [6.07, 6.45) is 16.9. The maximum atomic E-state index is 6.47. The minimum atomic E-state index is 0.246. The van der Waals surface area contributed by atoms with Gasteiger partial charge in [-0.15, -0.1) is 0 Å². The number of rotatable bonds is 7. The standard InChI is InChI=1S/C38H55NOS/c1-25(2)10-8-11-26(3)32-18-19-33-31-17-16-28-24-29(20-22-37(28,4)34(31)21-23-38(32,33)5)40-36(41)39-35-15-9-13-27-12-6-7-14-30(27)35/h6-7,9,12-15,25-26,28-29,31-34H,8,10-11,16-24H2,1-5H3,(H,39,41)/t26-,28+,29+,31+,32-,33+,34+,37+,38-/m1/s1. The van der Waals surface area contributed by atoms with Gasteiger partial charge in [-0.3, -0.25) is 0 Å². The largest absolute Gasteiger partial charge is 0.468 e. The van der Waals surface area contributed by atoms with Crippen LogP contribution in [0.2, 0.25) is 0 Å². The van der Waals surface area contributed by atoms with E-state index >= 15 is 0 Å². The van der Waals surface area contributed by atoms with E-state index in [0.717, 1.165) is 53.5 Å². The summed E-state index contributed by atoms with van der Waals surface area (Å²) >= 11 is 5.75. The molecule has 0 radical (unpaired) electrons. The molecular formula is C38H55NOS. The van der Waals surface area contributed by atoms with E-state index in [0.29, 0.717) is 16.0 Å². The fourth-order valence-corrected chi connectivity index (χ4v) is 11.2. The first kappa shape index (κ1) is 29.5. The van der Waals surface area contributed by atoms with E-state index in [1.54, 1.807) is 0 Å². The Bertz CT molecular complexity index is 1220. The number of ether oxygens (including phenoxy) is 1. The average Bonchev–Trinajstić information content (AvgIpc) is 3.30. The molecule has 1 N–H and O–H groups in total. The molecule has 4 fully saturated rings. The van der Waals surface area contributed by atoms with Gasteiger partial charge in [0.2, 0.25) is 0 Å². The Kier molecular flexibility index (Phi) is 8.49. The monoisotopic (exact) mass is 573 g/mol. The highest BCUT2D eigenvalue weighted by atomic mass is 32.1. The molecule has 0 aromatic heterocycles. The van der Waals surface area contributed by atoms with Crippen LogP contribution in [-0.4, -0.2) is 11.3 Å². The average molecular weight is 574 g/mol. The molecule has 6 rings (SSSR count). The fourth-order valence-electron chi connectivity index (χ4n) is 11.0. The van der Waals surface area contributed by atoms with Crippen molar-refractivity contribution in [1.29, 1.82) is 0 Å². The molecule has 0 saturated heterocycles. The first-order chi connectivity index (χ1) is 19.7. The smallest absolute Gasteiger partial charge is 0.261 e. The summed E-state index contributed by atoms with van der Waals surface area (Å²) in [5.74, 6) is 6.29. The van der Waals surface area contributed by atoms with Gasteiger partial charge in [-0.2, -0.15) is 0 Å². The van der Waals surface area contributed by atoms with Crippen molar-refractivity contribution in [3.05, 3.63) is 42.5 Å². The summed E-state index contributed by atoms with van der Waals surface area (Å²) in [7, 11) is 0. The molecule has 4 saturated carbocycles. The van der Waals surface area contributed by atoms with Crippen LogP contribution in [0.25, 0.3) is 10.8 Å². The quantitative estimate of drug-likeness (QED) is 0.333. The van der Waals surface area contributed by atoms with Gasteiger partial charge in [-0.1, -0.05) is 90.3 Å². The minimum absolute atomic E-state index is 0.246. The van der Waals surface area contributed by atoms with E-state index in [1.807, 2.05) is 0 Å². The topological polar surface area (TPSA) is 21.3 Å². The second-order valence-electron chi connectivity index (χ2n) is 15.6. The molecule has 0 bridgehead atoms. The summed E-state index contributed by atoms with van der Waals surface area (Å²) in [6.45, 7) is 12.8. The number of anilines is 1. The predicted molar refractivity (Wildman–Crippen MR) is 178 cm³/mol. The van der Waals surface area contributed by atoms with E-state index in [4.69, 9.17) is 17.0 Å². The Hall–Kier alpha value is -1.61. The number of thiocarbonyl (C=S) groups is 1. The second kappa shape index (κ2) is 11.8. The minimum Gasteiger partial charge on any atom is -0.468 e. The van der Waals surface area contributed by atoms with Crippen LogP contribution in [0.3, 0.4) is 0 Å². The first-order valence-electron chi connectivity index (χ1n) is 17.1. The maximum absolute atomic E-state index is 6.47. The molecule has 224 valence electrons. The molecule has 3 heteroatoms. The third kappa shape index (κ3) is 5.59. The van der Waals surface area contributed by atoms with Crippen LogP contribution in [0.4, 0.5) is 5.69 Å². The SMILES string of the molecule is CC(C)CCC[C@@H](C)[C@H]1CC[C@H]2[C@@H]3CC[C@H]4C[C@@H](OC(=S)Nc5cccc6ccccc56)CC[C@]4(C)[C@H]3CC[C@]12C. The molecule has 0 heterocycles. The second-order valence-corrected chi connectivity index (χ2v) is 16.0. The predicted octanol–water partition coefficient (Wildman–Crippen LogP) is 11.0. The summed E-state index contributed by atoms with van der Waals surface area (Å²) < 4.78 is 6.47. The lowest BCUT2D eigenvalue weighted by molar-refractivity contribution is -0.127. The fraction of sp³-hybridized carbons (Fsp3) is 0.711. The highest BCUT2D eigenvalue weighted by Crippen LogP contribution is 2.68. The van der Waals surface area contributed by atoms with Gasteiger partial charge in [-0.25, -0.2) is 0 Å². The molecular weight excluding hydrogens is 518 g/mol. The van der Waals surface area contributed by atoms with Crippen LogP contribution in [-0.2, 0) is 4.74 Å². The molecule has 2 nitrogen and oxygen atoms in total. The zero-order chi connectivity index (χ0) is 28.8. The van der Waals surface area contributed by atoms with Crippen LogP contribution in [0.15, 0.2) is 42.5 Å². The lowest BCUT2D eigenvalue weighted by Gasteiger charge is -2.61. The van der Waals surface area contributed by atoms with Crippen molar-refractivity contribution in [2.75, 3.05) is 5.32 Å². The van der Waals surface area contributed by atoms with E-state index in [-0.39, 0.29) is 6.10 Å². The van der Waals surface area contributed by atoms with Crippen LogP contribution < -0.4 is 5.32 Å². The Labute approximate surface area is 255 Å². The van der Waals surface area contributed by atoms with E-state index < -0.39 is 0 Å². The highest BCUT2D eigenvalue weighted by molar-refractivity contribution is 7.80. The normalized spacial score (nSPS) is 37.2. The molecule has 4 aliphatic rings. The van der Waals surface area contributed by atoms with Gasteiger partial charge >= 0.3 is 0 Å². The maximum Gasteiger partial charge on any atom is 0.261 e. The molecule has 0 amide bonds. The van der Waals surface area contributed by atoms with Crippen molar-refractivity contribution in [2.24, 2.45) is 52.3 Å². The van der Waals surface area contributed by atoms with Gasteiger partial charge in [0.25, 0.3) is 5.17 Å². The summed E-state index contributed by atoms with van der Waals surface area (Å²) in [5, 5.41) is 6.39. The van der Waals surface area contributed by atoms with Crippen molar-refractivity contribution in [3.8, 4) is 0 Å². The summed E-state index contributed by atoms with van der Waals surface area (Å²) in [5.41, 5.74) is 2.11. The van der Waals surface area contributed by atoms with Gasteiger partial charge < -0.3 is 10.1 Å². The van der Waals surface area contributed by atoms with Gasteiger partial charge in [0.05, 0.1) is 0 Å². The van der Waals surface area contributed by atoms with Crippen LogP contribution in [0.5, 0.6) is 0 Å². The number of benzene rings is 2. The first-order valence-corrected chi connectivity index (χ1v) is 17.5. The molecule has 4 aliphatic carbocycles. The molecule has 9 atom stereocenters. The van der Waals surface area contributed by atoms with E-state index in [9.17, 15) is 0 Å². The summed E-state index contributed by atoms with van der Waals surface area (Å²) in [6, 6.07) is 14.8. The Balaban J connectivity index is 1.07. The number of nitrogens with one attached hydrogen (secondary N) is 1. The molecule has 2 aromatic carbocycles. The number of hydrogen-bond acceptors (Lipinski definition) is 2. The van der Waals surface area contributed by atoms with Crippen LogP contribution >= 0.6 is 12.2 Å². The highest BCUT2D eigenvalue weighted by Gasteiger charge is 2.60. The molecule has 0 aliphatic heterocycles. The van der Waals surface area contributed by atoms with Crippen molar-refractivity contribution >= 4 is 33.9 Å². The zero-order valence-electron chi connectivity index (χ0n) is 26.5. The van der Waals surface area contributed by atoms with Crippen LogP contribution in [0.1, 0.15) is 112 Å². The van der Waals surface area contributed by atoms with Crippen molar-refractivity contribution in [3.63, 3.8) is 0 Å². The summed E-state index contributed by atoms with van der Waals surface area (Å²) in [4.78, 5) is 0. The van der Waals surface area contributed by atoms with Gasteiger partial charge in [0.1, 0.15) is 6.10 Å². The lowest BCUT2D eigenvalue weighted by Crippen LogP contribution is -2.54. The third-order valence-electron chi connectivity index (χ3n) is 13.1. The number of fused-ring (bicyclic) bond motifs is 6. The lowest BCUT2D eigenvalue weighted by atomic mass is 9.44. The van der Waals surface area contributed by atoms with Crippen LogP contribution in [0, 0.1) is 52.3 Å². The third-order valence-corrected chi connectivity index (χ3v) is 13.3. The Morgan fingerprint density at radius 1 is 0.878 bits per heavy atom. The van der Waals surface area contributed by atoms with Gasteiger partial charge in [0.15, 0.2) is 0 Å². The van der Waals surface area contributed by atoms with Gasteiger partial charge in [0, 0.05) is 11.1 Å². The van der Waals surface area contributed by atoms with E-state index in [1.165, 1.54) is 81.4 Å². The number of hydrogen-bond donors (Lipinski definition) is 1. The Morgan fingerprint density at radius 2 is 1.63 bits per heavy atom. The van der Waals surface area contributed by atoms with Crippen molar-refractivity contribution in [2.45, 2.75) is 118 Å². The molecule has 41 heavy (non-hydrogen) atoms.